The van der Waals surface area contributed by atoms with Gasteiger partial charge in [-0.05, 0) is 42.9 Å². The summed E-state index contributed by atoms with van der Waals surface area (Å²) in [5.41, 5.74) is 2.03. The van der Waals surface area contributed by atoms with Gasteiger partial charge in [-0.2, -0.15) is 5.10 Å². The lowest BCUT2D eigenvalue weighted by atomic mass is 10.1. The lowest BCUT2D eigenvalue weighted by Crippen LogP contribution is -2.28. The molecule has 31 heavy (non-hydrogen) atoms. The number of nitrogens with one attached hydrogen (secondary N) is 1. The number of aryl methyl sites for hydroxylation is 2. The van der Waals surface area contributed by atoms with Crippen LogP contribution in [0.3, 0.4) is 0 Å². The predicted molar refractivity (Wildman–Crippen MR) is 108 cm³/mol. The standard InChI is InChI=1S/C20H22F2N6O3/c1-12-16(13(2)27(25-12)18-10-15(21)4-6-17(18)22)5-7-19(29)23-8-9-26-14(3)24-11-20(26)28(30)31/h4,6,10-11H,5,7-9H2,1-3H3,(H,23,29). The minimum Gasteiger partial charge on any atom is -0.358 e. The Morgan fingerprint density at radius 1 is 1.26 bits per heavy atom. The molecule has 0 saturated carbocycles. The minimum absolute atomic E-state index is 0.00796. The summed E-state index contributed by atoms with van der Waals surface area (Å²) in [6.07, 6.45) is 1.70. The van der Waals surface area contributed by atoms with E-state index in [1.807, 2.05) is 0 Å². The van der Waals surface area contributed by atoms with Crippen LogP contribution in [0, 0.1) is 42.5 Å². The third kappa shape index (κ3) is 4.76. The number of nitrogens with zero attached hydrogens (tertiary/aromatic N) is 5. The van der Waals surface area contributed by atoms with Crippen LogP contribution >= 0.6 is 0 Å². The van der Waals surface area contributed by atoms with Gasteiger partial charge in [0, 0.05) is 25.1 Å². The fraction of sp³-hybridized carbons (Fsp3) is 0.350. The second-order valence-electron chi connectivity index (χ2n) is 7.08. The molecular weight excluding hydrogens is 410 g/mol. The van der Waals surface area contributed by atoms with Gasteiger partial charge in [0.25, 0.3) is 0 Å². The Balaban J connectivity index is 1.61. The van der Waals surface area contributed by atoms with Gasteiger partial charge < -0.3 is 15.4 Å². The first-order valence-electron chi connectivity index (χ1n) is 9.62. The first kappa shape index (κ1) is 22.1. The summed E-state index contributed by atoms with van der Waals surface area (Å²) in [6.45, 7) is 5.57. The second-order valence-corrected chi connectivity index (χ2v) is 7.08. The molecule has 3 aromatic rings. The van der Waals surface area contributed by atoms with E-state index >= 15 is 0 Å². The van der Waals surface area contributed by atoms with Gasteiger partial charge in [0.05, 0.1) is 12.2 Å². The minimum atomic E-state index is -0.597. The summed E-state index contributed by atoms with van der Waals surface area (Å²) >= 11 is 0. The van der Waals surface area contributed by atoms with Crippen LogP contribution in [-0.4, -0.2) is 36.7 Å². The van der Waals surface area contributed by atoms with E-state index in [0.717, 1.165) is 23.8 Å². The third-order valence-electron chi connectivity index (χ3n) is 5.06. The largest absolute Gasteiger partial charge is 0.358 e. The zero-order chi connectivity index (χ0) is 22.7. The van der Waals surface area contributed by atoms with Crippen molar-refractivity contribution < 1.29 is 18.5 Å². The average Bonchev–Trinajstić information content (AvgIpc) is 3.21. The summed E-state index contributed by atoms with van der Waals surface area (Å²) in [7, 11) is 0. The molecule has 0 bridgehead atoms. The number of carbonyl (C=O) groups is 1. The lowest BCUT2D eigenvalue weighted by molar-refractivity contribution is -0.392. The van der Waals surface area contributed by atoms with Crippen molar-refractivity contribution in [2.24, 2.45) is 0 Å². The Bertz CT molecular complexity index is 1140. The average molecular weight is 432 g/mol. The van der Waals surface area contributed by atoms with E-state index in [4.69, 9.17) is 0 Å². The highest BCUT2D eigenvalue weighted by Gasteiger charge is 2.18. The molecular formula is C20H22F2N6O3. The molecule has 0 unspecified atom stereocenters. The smallest absolute Gasteiger partial charge is 0.342 e. The Morgan fingerprint density at radius 3 is 2.71 bits per heavy atom. The Labute approximate surface area is 176 Å². The van der Waals surface area contributed by atoms with Crippen molar-refractivity contribution in [1.29, 1.82) is 0 Å². The van der Waals surface area contributed by atoms with Gasteiger partial charge >= 0.3 is 5.82 Å². The van der Waals surface area contributed by atoms with Crippen molar-refractivity contribution in [3.05, 3.63) is 68.9 Å². The van der Waals surface area contributed by atoms with Gasteiger partial charge in [-0.15, -0.1) is 0 Å². The molecule has 0 radical (unpaired) electrons. The second kappa shape index (κ2) is 9.02. The van der Waals surface area contributed by atoms with Gasteiger partial charge in [0.2, 0.25) is 5.91 Å². The van der Waals surface area contributed by atoms with Gasteiger partial charge in [-0.3, -0.25) is 4.79 Å². The molecule has 1 aromatic carbocycles. The van der Waals surface area contributed by atoms with Gasteiger partial charge in [-0.25, -0.2) is 23.0 Å². The van der Waals surface area contributed by atoms with E-state index in [2.05, 4.69) is 15.4 Å². The van der Waals surface area contributed by atoms with Crippen LogP contribution in [0.4, 0.5) is 14.6 Å². The molecule has 1 amide bonds. The molecule has 3 rings (SSSR count). The normalized spacial score (nSPS) is 11.0. The SMILES string of the molecule is Cc1nn(-c2cc(F)ccc2F)c(C)c1CCC(=O)NCCn1c([N+](=O)[O-])cnc1C. The maximum Gasteiger partial charge on any atom is 0.342 e. The van der Waals surface area contributed by atoms with Crippen molar-refractivity contribution in [2.45, 2.75) is 40.2 Å². The molecule has 0 atom stereocenters. The van der Waals surface area contributed by atoms with Crippen molar-refractivity contribution in [3.63, 3.8) is 0 Å². The zero-order valence-electron chi connectivity index (χ0n) is 17.4. The molecule has 0 fully saturated rings. The van der Waals surface area contributed by atoms with Gasteiger partial charge in [0.1, 0.15) is 30.1 Å². The summed E-state index contributed by atoms with van der Waals surface area (Å²) in [5.74, 6) is -1.04. The Kier molecular flexibility index (Phi) is 6.42. The van der Waals surface area contributed by atoms with Gasteiger partial charge in [0.15, 0.2) is 5.82 Å². The molecule has 164 valence electrons. The molecule has 0 aliphatic rings. The third-order valence-corrected chi connectivity index (χ3v) is 5.06. The summed E-state index contributed by atoms with van der Waals surface area (Å²) in [5, 5.41) is 18.0. The van der Waals surface area contributed by atoms with Crippen LogP contribution in [0.15, 0.2) is 24.4 Å². The summed E-state index contributed by atoms with van der Waals surface area (Å²) in [4.78, 5) is 26.6. The number of nitro groups is 1. The Hall–Kier alpha value is -3.63. The molecule has 11 heteroatoms. The fourth-order valence-electron chi connectivity index (χ4n) is 3.43. The zero-order valence-corrected chi connectivity index (χ0v) is 17.4. The number of halogens is 2. The van der Waals surface area contributed by atoms with Gasteiger partial charge in [-0.1, -0.05) is 0 Å². The number of carbonyl (C=O) groups excluding carboxylic acids is 1. The van der Waals surface area contributed by atoms with Crippen molar-refractivity contribution in [3.8, 4) is 5.69 Å². The molecule has 0 spiro atoms. The van der Waals surface area contributed by atoms with Crippen LogP contribution < -0.4 is 5.32 Å². The quantitative estimate of drug-likeness (QED) is 0.435. The number of imidazole rings is 1. The Morgan fingerprint density at radius 2 is 2.00 bits per heavy atom. The van der Waals surface area contributed by atoms with E-state index in [-0.39, 0.29) is 36.9 Å². The molecule has 1 N–H and O–H groups in total. The van der Waals surface area contributed by atoms with E-state index in [9.17, 15) is 23.7 Å². The van der Waals surface area contributed by atoms with Crippen LogP contribution in [-0.2, 0) is 17.8 Å². The van der Waals surface area contributed by atoms with E-state index in [0.29, 0.717) is 23.6 Å². The molecule has 9 nitrogen and oxygen atoms in total. The highest BCUT2D eigenvalue weighted by atomic mass is 19.1. The predicted octanol–water partition coefficient (Wildman–Crippen LogP) is 2.93. The maximum atomic E-state index is 14.1. The first-order chi connectivity index (χ1) is 14.7. The van der Waals surface area contributed by atoms with Crippen molar-refractivity contribution in [2.75, 3.05) is 6.54 Å². The highest BCUT2D eigenvalue weighted by Crippen LogP contribution is 2.22. The summed E-state index contributed by atoms with van der Waals surface area (Å²) in [6, 6.07) is 3.15. The molecule has 0 saturated heterocycles. The monoisotopic (exact) mass is 432 g/mol. The number of amides is 1. The number of hydrogen-bond acceptors (Lipinski definition) is 5. The number of rotatable bonds is 8. The van der Waals surface area contributed by atoms with E-state index < -0.39 is 16.6 Å². The van der Waals surface area contributed by atoms with Crippen molar-refractivity contribution in [1.82, 2.24) is 24.6 Å². The molecule has 0 aliphatic carbocycles. The van der Waals surface area contributed by atoms with Crippen LogP contribution in [0.25, 0.3) is 5.69 Å². The molecule has 0 aliphatic heterocycles. The van der Waals surface area contributed by atoms with Crippen molar-refractivity contribution >= 4 is 11.7 Å². The number of aromatic nitrogens is 4. The summed E-state index contributed by atoms with van der Waals surface area (Å²) < 4.78 is 30.4. The first-order valence-corrected chi connectivity index (χ1v) is 9.62. The van der Waals surface area contributed by atoms with Crippen LogP contribution in [0.2, 0.25) is 0 Å². The van der Waals surface area contributed by atoms with Crippen LogP contribution in [0.1, 0.15) is 29.2 Å². The van der Waals surface area contributed by atoms with E-state index in [1.165, 1.54) is 15.4 Å². The number of hydrogen-bond donors (Lipinski definition) is 1. The maximum absolute atomic E-state index is 14.1. The number of benzene rings is 1. The van der Waals surface area contributed by atoms with E-state index in [1.54, 1.807) is 20.8 Å². The fourth-order valence-corrected chi connectivity index (χ4v) is 3.43. The lowest BCUT2D eigenvalue weighted by Gasteiger charge is -2.08. The topological polar surface area (TPSA) is 108 Å². The van der Waals surface area contributed by atoms with Crippen LogP contribution in [0.5, 0.6) is 0 Å². The molecule has 2 aromatic heterocycles. The highest BCUT2D eigenvalue weighted by molar-refractivity contribution is 5.76. The molecule has 2 heterocycles.